The minimum Gasteiger partial charge on any atom is -0.272 e. The summed E-state index contributed by atoms with van der Waals surface area (Å²) in [5, 5.41) is 20.6. The molecule has 0 N–H and O–H groups in total. The number of hydrogen-bond donors (Lipinski definition) is 0. The first-order valence-corrected chi connectivity index (χ1v) is 8.80. The maximum atomic E-state index is 13.2. The number of para-hydroxylation sites is 1. The zero-order valence-corrected chi connectivity index (χ0v) is 15.1. The van der Waals surface area contributed by atoms with Crippen LogP contribution >= 0.6 is 0 Å². The SMILES string of the molecule is N#C[C@H]1N=C(c2ccccc2)c2ccccc2N1C(=O)c1ccc([N+](=O)[O-])cc1. The van der Waals surface area contributed by atoms with Crippen molar-refractivity contribution in [3.63, 3.8) is 0 Å². The number of hydrogen-bond acceptors (Lipinski definition) is 5. The van der Waals surface area contributed by atoms with Gasteiger partial charge in [-0.25, -0.2) is 4.99 Å². The number of nitriles is 1. The van der Waals surface area contributed by atoms with Gasteiger partial charge >= 0.3 is 0 Å². The zero-order chi connectivity index (χ0) is 20.4. The predicted molar refractivity (Wildman–Crippen MR) is 108 cm³/mol. The van der Waals surface area contributed by atoms with E-state index in [0.717, 1.165) is 11.1 Å². The van der Waals surface area contributed by atoms with Gasteiger partial charge in [-0.2, -0.15) is 5.26 Å². The Hall–Kier alpha value is -4.31. The molecule has 0 aromatic heterocycles. The number of rotatable bonds is 3. The minimum atomic E-state index is -1.05. The van der Waals surface area contributed by atoms with Gasteiger partial charge in [0, 0.05) is 28.8 Å². The van der Waals surface area contributed by atoms with Crippen molar-refractivity contribution in [1.82, 2.24) is 0 Å². The van der Waals surface area contributed by atoms with Crippen LogP contribution < -0.4 is 4.90 Å². The van der Waals surface area contributed by atoms with Crippen LogP contribution in [0.1, 0.15) is 21.5 Å². The number of fused-ring (bicyclic) bond motifs is 1. The third-order valence-corrected chi connectivity index (χ3v) is 4.62. The van der Waals surface area contributed by atoms with Crippen LogP contribution in [0.5, 0.6) is 0 Å². The van der Waals surface area contributed by atoms with Gasteiger partial charge in [0.1, 0.15) is 6.07 Å². The van der Waals surface area contributed by atoms with Gasteiger partial charge in [0.15, 0.2) is 0 Å². The van der Waals surface area contributed by atoms with Gasteiger partial charge in [0.25, 0.3) is 11.6 Å². The van der Waals surface area contributed by atoms with Crippen LogP contribution in [0.15, 0.2) is 83.9 Å². The van der Waals surface area contributed by atoms with Gasteiger partial charge in [-0.1, -0.05) is 48.5 Å². The summed E-state index contributed by atoms with van der Waals surface area (Å²) in [4.78, 5) is 29.4. The molecule has 3 aromatic carbocycles. The molecule has 0 bridgehead atoms. The maximum Gasteiger partial charge on any atom is 0.269 e. The fourth-order valence-electron chi connectivity index (χ4n) is 3.26. The van der Waals surface area contributed by atoms with Crippen LogP contribution in [0, 0.1) is 21.4 Å². The molecular weight excluding hydrogens is 368 g/mol. The molecule has 7 nitrogen and oxygen atoms in total. The lowest BCUT2D eigenvalue weighted by atomic mass is 9.97. The molecule has 7 heteroatoms. The lowest BCUT2D eigenvalue weighted by molar-refractivity contribution is -0.384. The molecule has 0 unspecified atom stereocenters. The van der Waals surface area contributed by atoms with Gasteiger partial charge in [-0.3, -0.25) is 19.8 Å². The van der Waals surface area contributed by atoms with E-state index in [-0.39, 0.29) is 11.3 Å². The molecule has 1 amide bonds. The van der Waals surface area contributed by atoms with Crippen LogP contribution in [-0.2, 0) is 0 Å². The smallest absolute Gasteiger partial charge is 0.269 e. The number of benzene rings is 3. The van der Waals surface area contributed by atoms with E-state index in [1.165, 1.54) is 29.2 Å². The largest absolute Gasteiger partial charge is 0.272 e. The Morgan fingerprint density at radius 1 is 1.00 bits per heavy atom. The third-order valence-electron chi connectivity index (χ3n) is 4.62. The minimum absolute atomic E-state index is 0.109. The normalized spacial score (nSPS) is 15.1. The third kappa shape index (κ3) is 3.24. The van der Waals surface area contributed by atoms with Crippen molar-refractivity contribution < 1.29 is 9.72 Å². The van der Waals surface area contributed by atoms with E-state index in [2.05, 4.69) is 11.1 Å². The van der Waals surface area contributed by atoms with Crippen molar-refractivity contribution in [2.75, 3.05) is 4.90 Å². The molecule has 0 fully saturated rings. The van der Waals surface area contributed by atoms with Gasteiger partial charge < -0.3 is 0 Å². The van der Waals surface area contributed by atoms with E-state index in [9.17, 15) is 20.2 Å². The Labute approximate surface area is 166 Å². The monoisotopic (exact) mass is 382 g/mol. The number of nitro groups is 1. The van der Waals surface area contributed by atoms with Gasteiger partial charge in [0.2, 0.25) is 6.17 Å². The Balaban J connectivity index is 1.80. The highest BCUT2D eigenvalue weighted by atomic mass is 16.6. The van der Waals surface area contributed by atoms with E-state index in [1.54, 1.807) is 12.1 Å². The highest BCUT2D eigenvalue weighted by Crippen LogP contribution is 2.32. The van der Waals surface area contributed by atoms with E-state index in [1.807, 2.05) is 42.5 Å². The Kier molecular flexibility index (Phi) is 4.59. The van der Waals surface area contributed by atoms with Gasteiger partial charge in [-0.05, 0) is 18.2 Å². The van der Waals surface area contributed by atoms with E-state index >= 15 is 0 Å². The average molecular weight is 382 g/mol. The summed E-state index contributed by atoms with van der Waals surface area (Å²) in [6.07, 6.45) is -1.05. The van der Waals surface area contributed by atoms with Crippen LogP contribution in [0.2, 0.25) is 0 Å². The molecule has 0 radical (unpaired) electrons. The summed E-state index contributed by atoms with van der Waals surface area (Å²) in [6, 6.07) is 24.1. The lowest BCUT2D eigenvalue weighted by Gasteiger charge is -2.32. The fraction of sp³-hybridized carbons (Fsp3) is 0.0455. The van der Waals surface area contributed by atoms with Crippen molar-refractivity contribution in [1.29, 1.82) is 5.26 Å². The molecule has 3 aromatic rings. The van der Waals surface area contributed by atoms with E-state index in [0.29, 0.717) is 11.4 Å². The van der Waals surface area contributed by atoms with Crippen LogP contribution in [0.25, 0.3) is 0 Å². The standard InChI is InChI=1S/C22H14N4O3/c23-14-20-24-21(15-6-2-1-3-7-15)18-8-4-5-9-19(18)25(20)22(27)16-10-12-17(13-11-16)26(28)29/h1-13,20H/t20-/m0/s1. The second-order valence-corrected chi connectivity index (χ2v) is 6.34. The van der Waals surface area contributed by atoms with E-state index < -0.39 is 17.0 Å². The molecule has 0 saturated heterocycles. The number of non-ortho nitro benzene ring substituents is 1. The molecule has 140 valence electrons. The van der Waals surface area contributed by atoms with Crippen LogP contribution in [0.3, 0.4) is 0 Å². The fourth-order valence-corrected chi connectivity index (χ4v) is 3.26. The number of amides is 1. The van der Waals surface area contributed by atoms with Crippen molar-refractivity contribution in [3.05, 3.63) is 106 Å². The van der Waals surface area contributed by atoms with Crippen molar-refractivity contribution in [3.8, 4) is 6.07 Å². The van der Waals surface area contributed by atoms with Gasteiger partial charge in [0.05, 0.1) is 16.3 Å². The molecule has 0 saturated carbocycles. The number of aliphatic imine (C=N–C) groups is 1. The Morgan fingerprint density at radius 2 is 1.66 bits per heavy atom. The number of carbonyl (C=O) groups is 1. The first-order valence-electron chi connectivity index (χ1n) is 8.80. The summed E-state index contributed by atoms with van der Waals surface area (Å²) in [5.41, 5.74) is 2.92. The Morgan fingerprint density at radius 3 is 2.31 bits per heavy atom. The second kappa shape index (κ2) is 7.37. The van der Waals surface area contributed by atoms with Crippen molar-refractivity contribution in [2.45, 2.75) is 6.17 Å². The summed E-state index contributed by atoms with van der Waals surface area (Å²) in [7, 11) is 0. The first kappa shape index (κ1) is 18.1. The molecule has 1 aliphatic heterocycles. The topological polar surface area (TPSA) is 99.6 Å². The second-order valence-electron chi connectivity index (χ2n) is 6.34. The molecule has 4 rings (SSSR count). The molecule has 0 spiro atoms. The molecular formula is C22H14N4O3. The lowest BCUT2D eigenvalue weighted by Crippen LogP contribution is -2.42. The van der Waals surface area contributed by atoms with Crippen LogP contribution in [-0.4, -0.2) is 22.7 Å². The molecule has 1 aliphatic rings. The van der Waals surface area contributed by atoms with Crippen molar-refractivity contribution in [2.24, 2.45) is 4.99 Å². The van der Waals surface area contributed by atoms with Gasteiger partial charge in [-0.15, -0.1) is 0 Å². The van der Waals surface area contributed by atoms with Crippen molar-refractivity contribution >= 4 is 23.0 Å². The number of nitrogens with zero attached hydrogens (tertiary/aromatic N) is 4. The maximum absolute atomic E-state index is 13.2. The van der Waals surface area contributed by atoms with Crippen LogP contribution in [0.4, 0.5) is 11.4 Å². The summed E-state index contributed by atoms with van der Waals surface area (Å²) in [5.74, 6) is -0.449. The summed E-state index contributed by atoms with van der Waals surface area (Å²) >= 11 is 0. The molecule has 29 heavy (non-hydrogen) atoms. The molecule has 1 atom stereocenters. The number of carbonyl (C=O) groups excluding carboxylic acids is 1. The quantitative estimate of drug-likeness (QED) is 0.506. The highest BCUT2D eigenvalue weighted by Gasteiger charge is 2.33. The summed E-state index contributed by atoms with van der Waals surface area (Å²) in [6.45, 7) is 0. The highest BCUT2D eigenvalue weighted by molar-refractivity contribution is 6.20. The number of nitro benzene ring substituents is 1. The molecule has 0 aliphatic carbocycles. The number of anilines is 1. The van der Waals surface area contributed by atoms with E-state index in [4.69, 9.17) is 0 Å². The summed E-state index contributed by atoms with van der Waals surface area (Å²) < 4.78 is 0. The zero-order valence-electron chi connectivity index (χ0n) is 15.1. The Bertz CT molecular complexity index is 1160. The molecule has 1 heterocycles. The predicted octanol–water partition coefficient (Wildman–Crippen LogP) is 3.94. The first-order chi connectivity index (χ1) is 14.1. The average Bonchev–Trinajstić information content (AvgIpc) is 2.78.